The van der Waals surface area contributed by atoms with Crippen molar-refractivity contribution in [3.05, 3.63) is 40.8 Å². The second kappa shape index (κ2) is 10.8. The minimum Gasteiger partial charge on any atom is -0.409 e. The Morgan fingerprint density at radius 1 is 1.33 bits per heavy atom. The topological polar surface area (TPSA) is 110 Å². The second-order valence-electron chi connectivity index (χ2n) is 5.86. The molecule has 0 saturated heterocycles. The van der Waals surface area contributed by atoms with Gasteiger partial charge in [0.1, 0.15) is 5.82 Å². The third kappa shape index (κ3) is 6.42. The van der Waals surface area contributed by atoms with Crippen LogP contribution in [-0.4, -0.2) is 38.9 Å². The summed E-state index contributed by atoms with van der Waals surface area (Å²) < 4.78 is 16.9. The molecule has 0 amide bonds. The van der Waals surface area contributed by atoms with E-state index in [4.69, 9.17) is 10.9 Å². The molecule has 0 unspecified atom stereocenters. The van der Waals surface area contributed by atoms with Crippen molar-refractivity contribution in [2.24, 2.45) is 10.9 Å². The van der Waals surface area contributed by atoms with E-state index in [1.807, 2.05) is 31.7 Å². The Morgan fingerprint density at radius 3 is 2.63 bits per heavy atom. The highest BCUT2D eigenvalue weighted by molar-refractivity contribution is 8.00. The highest BCUT2D eigenvalue weighted by Crippen LogP contribution is 2.33. The standard InChI is InChI=1S/C8H7F.C8H13N5O2S.C2H6/c9-8-4-3-6-1-2-7(6)5-8;9-7(11-14)6-8(13-15-12-6)10-3-4-16-5-1-2-5;1-2/h3-5H,1-2H2;5,14H,1-4H2,(H2,9,11)(H,10,13);1-2H3. The summed E-state index contributed by atoms with van der Waals surface area (Å²) in [5.74, 6) is 1.19. The van der Waals surface area contributed by atoms with Gasteiger partial charge in [-0.05, 0) is 59.3 Å². The predicted molar refractivity (Wildman–Crippen MR) is 106 cm³/mol. The average molecular weight is 396 g/mol. The molecule has 0 atom stereocenters. The van der Waals surface area contributed by atoms with Crippen molar-refractivity contribution in [1.82, 2.24) is 10.3 Å². The van der Waals surface area contributed by atoms with Crippen LogP contribution in [0.4, 0.5) is 10.2 Å². The number of nitrogens with one attached hydrogen (secondary N) is 1. The van der Waals surface area contributed by atoms with E-state index in [0.717, 1.165) is 30.4 Å². The molecule has 1 saturated carbocycles. The highest BCUT2D eigenvalue weighted by atomic mass is 32.2. The maximum Gasteiger partial charge on any atom is 0.202 e. The number of benzene rings is 1. The lowest BCUT2D eigenvalue weighted by molar-refractivity contribution is 0.304. The number of nitrogens with zero attached hydrogens (tertiary/aromatic N) is 3. The Kier molecular flexibility index (Phi) is 8.38. The van der Waals surface area contributed by atoms with Crippen molar-refractivity contribution in [1.29, 1.82) is 0 Å². The fourth-order valence-corrected chi connectivity index (χ4v) is 3.34. The van der Waals surface area contributed by atoms with Gasteiger partial charge in [-0.25, -0.2) is 9.02 Å². The Bertz CT molecular complexity index is 749. The number of rotatable bonds is 6. The quantitative estimate of drug-likeness (QED) is 0.226. The SMILES string of the molecule is CC.Fc1ccc2c(c1)CC2.N/C(=N/O)c1nonc1NCCSC1CC1. The summed E-state index contributed by atoms with van der Waals surface area (Å²) in [7, 11) is 0. The molecule has 9 heteroatoms. The summed E-state index contributed by atoms with van der Waals surface area (Å²) in [6.45, 7) is 4.75. The number of thioether (sulfide) groups is 1. The minimum atomic E-state index is -0.112. The van der Waals surface area contributed by atoms with Gasteiger partial charge in [0.05, 0.1) is 0 Å². The molecule has 4 N–H and O–H groups in total. The number of aryl methyl sites for hydroxylation is 2. The van der Waals surface area contributed by atoms with Crippen molar-refractivity contribution in [2.75, 3.05) is 17.6 Å². The van der Waals surface area contributed by atoms with Gasteiger partial charge in [-0.3, -0.25) is 0 Å². The highest BCUT2D eigenvalue weighted by Gasteiger charge is 2.21. The lowest BCUT2D eigenvalue weighted by atomic mass is 9.89. The maximum atomic E-state index is 12.4. The van der Waals surface area contributed by atoms with Crippen LogP contribution in [-0.2, 0) is 12.8 Å². The number of amidine groups is 1. The third-order valence-electron chi connectivity index (χ3n) is 3.94. The summed E-state index contributed by atoms with van der Waals surface area (Å²) in [5.41, 5.74) is 8.14. The van der Waals surface area contributed by atoms with Crippen LogP contribution >= 0.6 is 11.8 Å². The molecular weight excluding hydrogens is 369 g/mol. The minimum absolute atomic E-state index is 0.103. The monoisotopic (exact) mass is 395 g/mol. The van der Waals surface area contributed by atoms with Crippen LogP contribution in [0, 0.1) is 5.82 Å². The van der Waals surface area contributed by atoms with Crippen molar-refractivity contribution >= 4 is 23.4 Å². The molecule has 1 heterocycles. The zero-order valence-electron chi connectivity index (χ0n) is 15.6. The third-order valence-corrected chi connectivity index (χ3v) is 5.33. The fourth-order valence-electron chi connectivity index (χ4n) is 2.31. The molecule has 2 aromatic rings. The van der Waals surface area contributed by atoms with Gasteiger partial charge in [-0.15, -0.1) is 0 Å². The van der Waals surface area contributed by atoms with E-state index in [-0.39, 0.29) is 17.3 Å². The molecule has 1 aromatic heterocycles. The van der Waals surface area contributed by atoms with Gasteiger partial charge in [-0.2, -0.15) is 11.8 Å². The number of hydrogen-bond donors (Lipinski definition) is 3. The van der Waals surface area contributed by atoms with Crippen molar-refractivity contribution < 1.29 is 14.2 Å². The van der Waals surface area contributed by atoms with E-state index in [1.165, 1.54) is 30.0 Å². The number of oxime groups is 1. The van der Waals surface area contributed by atoms with Gasteiger partial charge in [-0.1, -0.05) is 25.1 Å². The number of hydrogen-bond acceptors (Lipinski definition) is 7. The molecule has 2 aliphatic rings. The van der Waals surface area contributed by atoms with Crippen LogP contribution in [0.25, 0.3) is 0 Å². The van der Waals surface area contributed by atoms with E-state index in [1.54, 1.807) is 6.07 Å². The number of anilines is 1. The largest absolute Gasteiger partial charge is 0.409 e. The molecule has 0 bridgehead atoms. The maximum absolute atomic E-state index is 12.4. The number of nitrogens with two attached hydrogens (primary N) is 1. The molecule has 0 spiro atoms. The number of aromatic nitrogens is 2. The molecule has 4 rings (SSSR count). The zero-order chi connectivity index (χ0) is 19.6. The molecule has 1 aromatic carbocycles. The van der Waals surface area contributed by atoms with Crippen LogP contribution in [0.5, 0.6) is 0 Å². The van der Waals surface area contributed by atoms with Crippen LogP contribution in [0.15, 0.2) is 28.0 Å². The Hall–Kier alpha value is -2.29. The van der Waals surface area contributed by atoms with E-state index >= 15 is 0 Å². The van der Waals surface area contributed by atoms with Crippen LogP contribution < -0.4 is 11.1 Å². The zero-order valence-corrected chi connectivity index (χ0v) is 16.4. The van der Waals surface area contributed by atoms with Crippen LogP contribution in [0.2, 0.25) is 0 Å². The molecular formula is C18H26FN5O2S. The van der Waals surface area contributed by atoms with E-state index < -0.39 is 0 Å². The van der Waals surface area contributed by atoms with E-state index in [2.05, 4.69) is 25.4 Å². The first-order valence-corrected chi connectivity index (χ1v) is 10.2. The molecule has 2 aliphatic carbocycles. The predicted octanol–water partition coefficient (Wildman–Crippen LogP) is 3.42. The Labute approximate surface area is 162 Å². The smallest absolute Gasteiger partial charge is 0.202 e. The van der Waals surface area contributed by atoms with Gasteiger partial charge in [0.2, 0.25) is 5.82 Å². The molecule has 27 heavy (non-hydrogen) atoms. The van der Waals surface area contributed by atoms with Gasteiger partial charge in [0.25, 0.3) is 0 Å². The lowest BCUT2D eigenvalue weighted by Gasteiger charge is -2.17. The van der Waals surface area contributed by atoms with Crippen molar-refractivity contribution in [2.45, 2.75) is 44.8 Å². The number of fused-ring (bicyclic) bond motifs is 1. The summed E-state index contributed by atoms with van der Waals surface area (Å²) in [6, 6.07) is 5.02. The van der Waals surface area contributed by atoms with Crippen LogP contribution in [0.1, 0.15) is 43.5 Å². The first-order chi connectivity index (χ1) is 13.2. The van der Waals surface area contributed by atoms with E-state index in [9.17, 15) is 4.39 Å². The Balaban J connectivity index is 0.000000200. The van der Waals surface area contributed by atoms with Gasteiger partial charge in [0, 0.05) is 17.5 Å². The Morgan fingerprint density at radius 2 is 2.07 bits per heavy atom. The summed E-state index contributed by atoms with van der Waals surface area (Å²) in [4.78, 5) is 0. The first kappa shape index (κ1) is 21.0. The summed E-state index contributed by atoms with van der Waals surface area (Å²) in [5, 5.41) is 22.4. The lowest BCUT2D eigenvalue weighted by Crippen LogP contribution is -2.17. The summed E-state index contributed by atoms with van der Waals surface area (Å²) in [6.07, 6.45) is 4.85. The summed E-state index contributed by atoms with van der Waals surface area (Å²) >= 11 is 1.93. The molecule has 148 valence electrons. The van der Waals surface area contributed by atoms with Gasteiger partial charge < -0.3 is 16.3 Å². The first-order valence-electron chi connectivity index (χ1n) is 9.10. The fraction of sp³-hybridized carbons (Fsp3) is 0.500. The van der Waals surface area contributed by atoms with Crippen LogP contribution in [0.3, 0.4) is 0 Å². The normalized spacial score (nSPS) is 14.7. The second-order valence-corrected chi connectivity index (χ2v) is 7.26. The molecule has 7 nitrogen and oxygen atoms in total. The van der Waals surface area contributed by atoms with Gasteiger partial charge >= 0.3 is 0 Å². The molecule has 1 fully saturated rings. The average Bonchev–Trinajstić information content (AvgIpc) is 3.39. The number of halogens is 1. The van der Waals surface area contributed by atoms with E-state index in [0.29, 0.717) is 5.82 Å². The van der Waals surface area contributed by atoms with Gasteiger partial charge in [0.15, 0.2) is 11.5 Å². The van der Waals surface area contributed by atoms with Crippen molar-refractivity contribution in [3.63, 3.8) is 0 Å². The van der Waals surface area contributed by atoms with Crippen molar-refractivity contribution in [3.8, 4) is 0 Å². The molecule has 0 aliphatic heterocycles. The molecule has 0 radical (unpaired) electrons.